The van der Waals surface area contributed by atoms with E-state index in [9.17, 15) is 9.90 Å². The van der Waals surface area contributed by atoms with Gasteiger partial charge < -0.3 is 14.9 Å². The Labute approximate surface area is 130 Å². The van der Waals surface area contributed by atoms with E-state index in [1.165, 1.54) is 4.90 Å². The monoisotopic (exact) mass is 311 g/mol. The Hall–Kier alpha value is -1.33. The van der Waals surface area contributed by atoms with Gasteiger partial charge >= 0.3 is 0 Å². The molecule has 21 heavy (non-hydrogen) atoms. The van der Waals surface area contributed by atoms with Gasteiger partial charge in [-0.05, 0) is 25.8 Å². The summed E-state index contributed by atoms with van der Waals surface area (Å²) in [4.78, 5) is 19.6. The van der Waals surface area contributed by atoms with Gasteiger partial charge in [0.1, 0.15) is 0 Å². The first-order valence-corrected chi connectivity index (χ1v) is 7.49. The summed E-state index contributed by atoms with van der Waals surface area (Å²) < 4.78 is 0. The third-order valence-electron chi connectivity index (χ3n) is 3.92. The summed E-state index contributed by atoms with van der Waals surface area (Å²) in [5.74, 6) is -0.0589. The SMILES string of the molecule is Cc1nccc(N2CCCC(O)(CC(=O)N(C)C)C2)c1Cl. The van der Waals surface area contributed by atoms with Crippen LogP contribution in [0.15, 0.2) is 12.3 Å². The van der Waals surface area contributed by atoms with Crippen LogP contribution in [0, 0.1) is 6.92 Å². The average molecular weight is 312 g/mol. The highest BCUT2D eigenvalue weighted by atomic mass is 35.5. The molecule has 0 saturated carbocycles. The number of piperidine rings is 1. The number of aryl methyl sites for hydroxylation is 1. The second-order valence-electron chi connectivity index (χ2n) is 5.94. The van der Waals surface area contributed by atoms with Gasteiger partial charge in [-0.2, -0.15) is 0 Å². The molecular weight excluding hydrogens is 290 g/mol. The highest BCUT2D eigenvalue weighted by Gasteiger charge is 2.36. The van der Waals surface area contributed by atoms with Crippen molar-refractivity contribution in [1.82, 2.24) is 9.88 Å². The van der Waals surface area contributed by atoms with Crippen LogP contribution in [-0.2, 0) is 4.79 Å². The molecule has 0 spiro atoms. The Kier molecular flexibility index (Phi) is 4.74. The molecule has 0 aromatic carbocycles. The molecule has 6 heteroatoms. The van der Waals surface area contributed by atoms with Crippen LogP contribution in [0.1, 0.15) is 25.0 Å². The van der Waals surface area contributed by atoms with Crippen molar-refractivity contribution >= 4 is 23.2 Å². The maximum Gasteiger partial charge on any atom is 0.225 e. The van der Waals surface area contributed by atoms with Crippen molar-refractivity contribution in [2.45, 2.75) is 31.8 Å². The molecule has 1 N–H and O–H groups in total. The number of hydrogen-bond donors (Lipinski definition) is 1. The normalized spacial score (nSPS) is 22.2. The van der Waals surface area contributed by atoms with Gasteiger partial charge in [-0.25, -0.2) is 0 Å². The first-order valence-electron chi connectivity index (χ1n) is 7.11. The van der Waals surface area contributed by atoms with Gasteiger partial charge in [-0.3, -0.25) is 9.78 Å². The van der Waals surface area contributed by atoms with Crippen molar-refractivity contribution in [2.24, 2.45) is 0 Å². The van der Waals surface area contributed by atoms with Gasteiger partial charge in [0.25, 0.3) is 0 Å². The van der Waals surface area contributed by atoms with E-state index in [0.717, 1.165) is 24.3 Å². The van der Waals surface area contributed by atoms with Crippen LogP contribution in [0.5, 0.6) is 0 Å². The van der Waals surface area contributed by atoms with Crippen LogP contribution in [0.2, 0.25) is 5.02 Å². The lowest BCUT2D eigenvalue weighted by molar-refractivity contribution is -0.134. The van der Waals surface area contributed by atoms with Crippen molar-refractivity contribution in [2.75, 3.05) is 32.1 Å². The third kappa shape index (κ3) is 3.66. The first-order chi connectivity index (χ1) is 9.82. The minimum Gasteiger partial charge on any atom is -0.388 e. The molecule has 1 aromatic heterocycles. The fourth-order valence-electron chi connectivity index (χ4n) is 2.68. The Morgan fingerprint density at radius 1 is 1.57 bits per heavy atom. The van der Waals surface area contributed by atoms with E-state index in [0.29, 0.717) is 18.0 Å². The summed E-state index contributed by atoms with van der Waals surface area (Å²) >= 11 is 6.31. The highest BCUT2D eigenvalue weighted by molar-refractivity contribution is 6.33. The summed E-state index contributed by atoms with van der Waals surface area (Å²) in [7, 11) is 3.41. The number of aromatic nitrogens is 1. The van der Waals surface area contributed by atoms with Gasteiger partial charge in [0.15, 0.2) is 0 Å². The Bertz CT molecular complexity index is 536. The van der Waals surface area contributed by atoms with E-state index in [1.807, 2.05) is 17.9 Å². The predicted molar refractivity (Wildman–Crippen MR) is 83.7 cm³/mol. The maximum absolute atomic E-state index is 11.9. The molecule has 5 nitrogen and oxygen atoms in total. The van der Waals surface area contributed by atoms with Crippen molar-refractivity contribution in [3.63, 3.8) is 0 Å². The molecule has 1 atom stereocenters. The number of β-amino-alcohol motifs (C(OH)–C–C–N with tert-alkyl or cyclic N) is 1. The third-order valence-corrected chi connectivity index (χ3v) is 4.39. The van der Waals surface area contributed by atoms with Crippen LogP contribution in [0.3, 0.4) is 0 Å². The second-order valence-corrected chi connectivity index (χ2v) is 6.32. The lowest BCUT2D eigenvalue weighted by Crippen LogP contribution is -2.50. The standard InChI is InChI=1S/C15H22ClN3O2/c1-11-14(16)12(5-7-17-11)19-8-4-6-15(21,10-19)9-13(20)18(2)3/h5,7,21H,4,6,8-10H2,1-3H3. The summed E-state index contributed by atoms with van der Waals surface area (Å²) in [5, 5.41) is 11.3. The van der Waals surface area contributed by atoms with Crippen LogP contribution in [0.4, 0.5) is 5.69 Å². The number of amides is 1. The summed E-state index contributed by atoms with van der Waals surface area (Å²) in [6.07, 6.45) is 3.31. The van der Waals surface area contributed by atoms with Gasteiger partial charge in [-0.15, -0.1) is 0 Å². The smallest absolute Gasteiger partial charge is 0.225 e. The topological polar surface area (TPSA) is 56.7 Å². The summed E-state index contributed by atoms with van der Waals surface area (Å²) in [5.41, 5.74) is 0.646. The van der Waals surface area contributed by atoms with E-state index in [2.05, 4.69) is 4.98 Å². The molecule has 1 fully saturated rings. The van der Waals surface area contributed by atoms with Crippen molar-refractivity contribution < 1.29 is 9.90 Å². The van der Waals surface area contributed by atoms with E-state index in [4.69, 9.17) is 11.6 Å². The lowest BCUT2D eigenvalue weighted by atomic mass is 9.89. The Balaban J connectivity index is 2.17. The van der Waals surface area contributed by atoms with E-state index in [-0.39, 0.29) is 12.3 Å². The number of hydrogen-bond acceptors (Lipinski definition) is 4. The molecule has 1 amide bonds. The quantitative estimate of drug-likeness (QED) is 0.925. The molecule has 0 aliphatic carbocycles. The van der Waals surface area contributed by atoms with E-state index in [1.54, 1.807) is 20.3 Å². The number of pyridine rings is 1. The zero-order valence-corrected chi connectivity index (χ0v) is 13.5. The number of rotatable bonds is 3. The molecule has 2 rings (SSSR count). The van der Waals surface area contributed by atoms with E-state index < -0.39 is 5.60 Å². The molecule has 2 heterocycles. The molecular formula is C15H22ClN3O2. The summed E-state index contributed by atoms with van der Waals surface area (Å²) in [6.45, 7) is 3.09. The number of nitrogens with zero attached hydrogens (tertiary/aromatic N) is 3. The fraction of sp³-hybridized carbons (Fsp3) is 0.600. The highest BCUT2D eigenvalue weighted by Crippen LogP contribution is 2.33. The van der Waals surface area contributed by atoms with Crippen molar-refractivity contribution in [1.29, 1.82) is 0 Å². The Morgan fingerprint density at radius 3 is 2.95 bits per heavy atom. The first kappa shape index (κ1) is 16.0. The molecule has 1 aliphatic rings. The number of carbonyl (C=O) groups is 1. The molecule has 0 radical (unpaired) electrons. The molecule has 1 unspecified atom stereocenters. The van der Waals surface area contributed by atoms with Gasteiger partial charge in [0, 0.05) is 33.4 Å². The lowest BCUT2D eigenvalue weighted by Gasteiger charge is -2.40. The zero-order valence-electron chi connectivity index (χ0n) is 12.8. The fourth-order valence-corrected chi connectivity index (χ4v) is 2.91. The minimum atomic E-state index is -1.000. The molecule has 1 saturated heterocycles. The van der Waals surface area contributed by atoms with Crippen LogP contribution < -0.4 is 4.90 Å². The molecule has 116 valence electrons. The van der Waals surface area contributed by atoms with Crippen LogP contribution in [0.25, 0.3) is 0 Å². The largest absolute Gasteiger partial charge is 0.388 e. The molecule has 1 aliphatic heterocycles. The second kappa shape index (κ2) is 6.20. The van der Waals surface area contributed by atoms with Crippen molar-refractivity contribution in [3.8, 4) is 0 Å². The maximum atomic E-state index is 11.9. The van der Waals surface area contributed by atoms with E-state index >= 15 is 0 Å². The van der Waals surface area contributed by atoms with Gasteiger partial charge in [-0.1, -0.05) is 11.6 Å². The Morgan fingerprint density at radius 2 is 2.29 bits per heavy atom. The molecule has 0 bridgehead atoms. The van der Waals surface area contributed by atoms with Crippen LogP contribution in [-0.4, -0.2) is 53.7 Å². The number of carbonyl (C=O) groups excluding carboxylic acids is 1. The molecule has 1 aromatic rings. The van der Waals surface area contributed by atoms with Gasteiger partial charge in [0.2, 0.25) is 5.91 Å². The number of anilines is 1. The average Bonchev–Trinajstić information content (AvgIpc) is 2.41. The zero-order chi connectivity index (χ0) is 15.6. The number of aliphatic hydroxyl groups is 1. The van der Waals surface area contributed by atoms with Crippen molar-refractivity contribution in [3.05, 3.63) is 23.0 Å². The minimum absolute atomic E-state index is 0.0589. The van der Waals surface area contributed by atoms with Gasteiger partial charge in [0.05, 0.1) is 28.4 Å². The van der Waals surface area contributed by atoms with Crippen LogP contribution >= 0.6 is 11.6 Å². The summed E-state index contributed by atoms with van der Waals surface area (Å²) in [6, 6.07) is 1.86. The predicted octanol–water partition coefficient (Wildman–Crippen LogP) is 1.85. The number of halogens is 1.